The van der Waals surface area contributed by atoms with Crippen LogP contribution in [-0.4, -0.2) is 49.2 Å². The largest absolute Gasteiger partial charge is 0.481 e. The number of rotatable bonds is 4. The van der Waals surface area contributed by atoms with Crippen LogP contribution < -0.4 is 20.3 Å². The fraction of sp³-hybridized carbons (Fsp3) is 0.250. The molecule has 2 aromatic heterocycles. The van der Waals surface area contributed by atoms with Gasteiger partial charge in [0.25, 0.3) is 5.91 Å². The number of benzene rings is 1. The minimum Gasteiger partial charge on any atom is -0.481 e. The molecular weight excluding hydrogens is 342 g/mol. The van der Waals surface area contributed by atoms with Crippen LogP contribution in [0.25, 0.3) is 10.9 Å². The van der Waals surface area contributed by atoms with Gasteiger partial charge in [0.15, 0.2) is 0 Å². The fourth-order valence-corrected chi connectivity index (χ4v) is 3.23. The maximum absolute atomic E-state index is 12.9. The SMILES string of the molecule is COc1cc(C(=O)Nc2cncc(N3CCNCC3)c2)c2ccccc2n1. The van der Waals surface area contributed by atoms with E-state index in [1.807, 2.05) is 36.5 Å². The van der Waals surface area contributed by atoms with Crippen LogP contribution in [0.2, 0.25) is 0 Å². The number of methoxy groups -OCH3 is 1. The zero-order chi connectivity index (χ0) is 18.6. The highest BCUT2D eigenvalue weighted by molar-refractivity contribution is 6.12. The summed E-state index contributed by atoms with van der Waals surface area (Å²) in [4.78, 5) is 23.9. The average Bonchev–Trinajstić information content (AvgIpc) is 2.73. The number of ether oxygens (including phenoxy) is 1. The molecule has 0 saturated carbocycles. The van der Waals surface area contributed by atoms with Gasteiger partial charge in [-0.25, -0.2) is 4.98 Å². The third-order valence-electron chi connectivity index (χ3n) is 4.61. The lowest BCUT2D eigenvalue weighted by molar-refractivity contribution is 0.102. The van der Waals surface area contributed by atoms with E-state index >= 15 is 0 Å². The van der Waals surface area contributed by atoms with Crippen LogP contribution in [0.1, 0.15) is 10.4 Å². The number of amides is 1. The maximum atomic E-state index is 12.9. The second kappa shape index (κ2) is 7.59. The Morgan fingerprint density at radius 3 is 2.81 bits per heavy atom. The molecule has 1 aliphatic heterocycles. The van der Waals surface area contributed by atoms with E-state index in [0.717, 1.165) is 42.8 Å². The van der Waals surface area contributed by atoms with Crippen molar-refractivity contribution in [2.45, 2.75) is 0 Å². The minimum atomic E-state index is -0.217. The van der Waals surface area contributed by atoms with Crippen LogP contribution >= 0.6 is 0 Å². The summed E-state index contributed by atoms with van der Waals surface area (Å²) in [7, 11) is 1.54. The number of anilines is 2. The van der Waals surface area contributed by atoms with Gasteiger partial charge >= 0.3 is 0 Å². The third-order valence-corrected chi connectivity index (χ3v) is 4.61. The number of carbonyl (C=O) groups is 1. The van der Waals surface area contributed by atoms with Crippen LogP contribution in [0.5, 0.6) is 5.88 Å². The first kappa shape index (κ1) is 17.2. The molecule has 3 aromatic rings. The highest BCUT2D eigenvalue weighted by Gasteiger charge is 2.15. The van der Waals surface area contributed by atoms with Crippen LogP contribution in [-0.2, 0) is 0 Å². The first-order valence-electron chi connectivity index (χ1n) is 8.90. The van der Waals surface area contributed by atoms with Crippen molar-refractivity contribution in [3.05, 3.63) is 54.4 Å². The highest BCUT2D eigenvalue weighted by Crippen LogP contribution is 2.24. The van der Waals surface area contributed by atoms with Gasteiger partial charge in [-0.05, 0) is 12.1 Å². The third kappa shape index (κ3) is 3.68. The van der Waals surface area contributed by atoms with Crippen molar-refractivity contribution in [3.8, 4) is 5.88 Å². The molecule has 2 N–H and O–H groups in total. The zero-order valence-electron chi connectivity index (χ0n) is 15.1. The molecule has 1 saturated heterocycles. The molecule has 1 amide bonds. The molecule has 0 radical (unpaired) electrons. The molecule has 1 fully saturated rings. The van der Waals surface area contributed by atoms with E-state index in [0.29, 0.717) is 17.1 Å². The molecule has 7 nitrogen and oxygen atoms in total. The summed E-state index contributed by atoms with van der Waals surface area (Å²) in [5.41, 5.74) is 2.90. The second-order valence-electron chi connectivity index (χ2n) is 6.35. The van der Waals surface area contributed by atoms with Gasteiger partial charge in [0.2, 0.25) is 5.88 Å². The first-order valence-corrected chi connectivity index (χ1v) is 8.90. The number of piperazine rings is 1. The van der Waals surface area contributed by atoms with E-state index in [1.54, 1.807) is 19.4 Å². The molecule has 0 spiro atoms. The molecule has 1 aromatic carbocycles. The number of carbonyl (C=O) groups excluding carboxylic acids is 1. The van der Waals surface area contributed by atoms with Crippen molar-refractivity contribution in [1.82, 2.24) is 15.3 Å². The molecule has 0 atom stereocenters. The topological polar surface area (TPSA) is 79.4 Å². The Balaban J connectivity index is 1.62. The number of hydrogen-bond donors (Lipinski definition) is 2. The lowest BCUT2D eigenvalue weighted by Gasteiger charge is -2.29. The molecule has 3 heterocycles. The average molecular weight is 363 g/mol. The quantitative estimate of drug-likeness (QED) is 0.740. The van der Waals surface area contributed by atoms with E-state index in [1.165, 1.54) is 0 Å². The van der Waals surface area contributed by atoms with Gasteiger partial charge < -0.3 is 20.3 Å². The van der Waals surface area contributed by atoms with Gasteiger partial charge in [-0.1, -0.05) is 18.2 Å². The Hall–Kier alpha value is -3.19. The molecule has 4 rings (SSSR count). The molecular formula is C20H21N5O2. The summed E-state index contributed by atoms with van der Waals surface area (Å²) in [5.74, 6) is 0.192. The van der Waals surface area contributed by atoms with Gasteiger partial charge in [-0.2, -0.15) is 0 Å². The van der Waals surface area contributed by atoms with Gasteiger partial charge in [-0.15, -0.1) is 0 Å². The molecule has 0 unspecified atom stereocenters. The monoisotopic (exact) mass is 363 g/mol. The summed E-state index contributed by atoms with van der Waals surface area (Å²) in [6.45, 7) is 3.73. The number of nitrogens with zero attached hydrogens (tertiary/aromatic N) is 3. The number of nitrogens with one attached hydrogen (secondary N) is 2. The Kier molecular flexibility index (Phi) is 4.84. The minimum absolute atomic E-state index is 0.217. The molecule has 0 aliphatic carbocycles. The second-order valence-corrected chi connectivity index (χ2v) is 6.35. The molecule has 138 valence electrons. The zero-order valence-corrected chi connectivity index (χ0v) is 15.1. The lowest BCUT2D eigenvalue weighted by atomic mass is 10.1. The van der Waals surface area contributed by atoms with Crippen molar-refractivity contribution in [3.63, 3.8) is 0 Å². The Morgan fingerprint density at radius 1 is 1.19 bits per heavy atom. The molecule has 27 heavy (non-hydrogen) atoms. The summed E-state index contributed by atoms with van der Waals surface area (Å²) in [5, 5.41) is 7.06. The Morgan fingerprint density at radius 2 is 2.00 bits per heavy atom. The van der Waals surface area contributed by atoms with Crippen molar-refractivity contribution >= 4 is 28.2 Å². The Bertz CT molecular complexity index is 969. The van der Waals surface area contributed by atoms with E-state index in [4.69, 9.17) is 4.74 Å². The number of para-hydroxylation sites is 1. The van der Waals surface area contributed by atoms with E-state index in [9.17, 15) is 4.79 Å². The van der Waals surface area contributed by atoms with Crippen molar-refractivity contribution < 1.29 is 9.53 Å². The summed E-state index contributed by atoms with van der Waals surface area (Å²) in [6.07, 6.45) is 3.48. The normalized spacial score (nSPS) is 14.2. The maximum Gasteiger partial charge on any atom is 0.256 e. The number of pyridine rings is 2. The smallest absolute Gasteiger partial charge is 0.256 e. The number of hydrogen-bond acceptors (Lipinski definition) is 6. The van der Waals surface area contributed by atoms with E-state index in [-0.39, 0.29) is 5.91 Å². The van der Waals surface area contributed by atoms with Gasteiger partial charge in [0.1, 0.15) is 0 Å². The summed E-state index contributed by atoms with van der Waals surface area (Å²) in [6, 6.07) is 11.1. The molecule has 0 bridgehead atoms. The van der Waals surface area contributed by atoms with Crippen molar-refractivity contribution in [1.29, 1.82) is 0 Å². The number of fused-ring (bicyclic) bond motifs is 1. The predicted octanol–water partition coefficient (Wildman–Crippen LogP) is 2.30. The first-order chi connectivity index (χ1) is 13.2. The van der Waals surface area contributed by atoms with Gasteiger partial charge in [-0.3, -0.25) is 9.78 Å². The number of aromatic nitrogens is 2. The molecule has 7 heteroatoms. The standard InChI is InChI=1S/C20H21N5O2/c1-27-19-11-17(16-4-2-3-5-18(16)24-19)20(26)23-14-10-15(13-22-12-14)25-8-6-21-7-9-25/h2-5,10-13,21H,6-9H2,1H3,(H,23,26). The Labute approximate surface area is 157 Å². The summed E-state index contributed by atoms with van der Waals surface area (Å²) < 4.78 is 5.25. The van der Waals surface area contributed by atoms with E-state index in [2.05, 4.69) is 25.5 Å². The van der Waals surface area contributed by atoms with E-state index < -0.39 is 0 Å². The lowest BCUT2D eigenvalue weighted by Crippen LogP contribution is -2.43. The summed E-state index contributed by atoms with van der Waals surface area (Å²) >= 11 is 0. The predicted molar refractivity (Wildman–Crippen MR) is 106 cm³/mol. The van der Waals surface area contributed by atoms with Crippen LogP contribution in [0.15, 0.2) is 48.8 Å². The van der Waals surface area contributed by atoms with Gasteiger partial charge in [0, 0.05) is 37.6 Å². The van der Waals surface area contributed by atoms with Crippen LogP contribution in [0.4, 0.5) is 11.4 Å². The van der Waals surface area contributed by atoms with Gasteiger partial charge in [0.05, 0.1) is 42.0 Å². The molecule has 1 aliphatic rings. The van der Waals surface area contributed by atoms with Crippen LogP contribution in [0.3, 0.4) is 0 Å². The highest BCUT2D eigenvalue weighted by atomic mass is 16.5. The fourth-order valence-electron chi connectivity index (χ4n) is 3.23. The van der Waals surface area contributed by atoms with Crippen molar-refractivity contribution in [2.75, 3.05) is 43.5 Å². The van der Waals surface area contributed by atoms with Crippen molar-refractivity contribution in [2.24, 2.45) is 0 Å². The van der Waals surface area contributed by atoms with Crippen LogP contribution in [0, 0.1) is 0 Å².